The zero-order valence-electron chi connectivity index (χ0n) is 9.86. The standard InChI is InChI=1S/C11H8N4O5/c16-10-8(15(19)20)9(12-5-13-10)14-7-3-1-6(2-4-7)11(17)18/h1-5H,(H,17,18)(H2,12,13,14,16). The number of hydrogen-bond acceptors (Lipinski definition) is 6. The van der Waals surface area contributed by atoms with E-state index < -0.39 is 22.1 Å². The Kier molecular flexibility index (Phi) is 3.42. The Morgan fingerprint density at radius 2 is 2.00 bits per heavy atom. The maximum Gasteiger partial charge on any atom is 0.376 e. The molecule has 3 N–H and O–H groups in total. The highest BCUT2D eigenvalue weighted by Crippen LogP contribution is 2.21. The van der Waals surface area contributed by atoms with E-state index in [0.717, 1.165) is 6.33 Å². The number of nitro groups is 1. The van der Waals surface area contributed by atoms with Gasteiger partial charge in [-0.25, -0.2) is 9.78 Å². The van der Waals surface area contributed by atoms with Crippen LogP contribution in [0.1, 0.15) is 10.4 Å². The molecule has 9 nitrogen and oxygen atoms in total. The van der Waals surface area contributed by atoms with Crippen LogP contribution in [-0.2, 0) is 0 Å². The summed E-state index contributed by atoms with van der Waals surface area (Å²) in [5, 5.41) is 22.2. The zero-order chi connectivity index (χ0) is 14.7. The fourth-order valence-corrected chi connectivity index (χ4v) is 1.49. The van der Waals surface area contributed by atoms with Gasteiger partial charge in [0.25, 0.3) is 0 Å². The molecule has 0 amide bonds. The van der Waals surface area contributed by atoms with Crippen molar-refractivity contribution in [2.24, 2.45) is 0 Å². The summed E-state index contributed by atoms with van der Waals surface area (Å²) in [4.78, 5) is 37.8. The number of nitrogens with zero attached hydrogens (tertiary/aromatic N) is 2. The number of aromatic carboxylic acids is 1. The molecule has 0 saturated heterocycles. The first-order valence-electron chi connectivity index (χ1n) is 5.31. The second kappa shape index (κ2) is 5.18. The van der Waals surface area contributed by atoms with Gasteiger partial charge in [-0.3, -0.25) is 14.9 Å². The number of nitrogens with one attached hydrogen (secondary N) is 2. The fourth-order valence-electron chi connectivity index (χ4n) is 1.49. The molecule has 0 aliphatic carbocycles. The number of aromatic nitrogens is 2. The SMILES string of the molecule is O=C(O)c1ccc(Nc2nc[nH]c(=O)c2[N+](=O)[O-])cc1. The van der Waals surface area contributed by atoms with Gasteiger partial charge >= 0.3 is 17.2 Å². The Hall–Kier alpha value is -3.23. The largest absolute Gasteiger partial charge is 0.478 e. The zero-order valence-corrected chi connectivity index (χ0v) is 9.86. The van der Waals surface area contributed by atoms with Crippen LogP contribution in [0.5, 0.6) is 0 Å². The molecule has 0 atom stereocenters. The van der Waals surface area contributed by atoms with Crippen LogP contribution in [0.15, 0.2) is 35.4 Å². The van der Waals surface area contributed by atoms with Gasteiger partial charge < -0.3 is 15.4 Å². The Morgan fingerprint density at radius 1 is 1.35 bits per heavy atom. The van der Waals surface area contributed by atoms with Crippen LogP contribution in [0, 0.1) is 10.1 Å². The molecule has 0 radical (unpaired) electrons. The van der Waals surface area contributed by atoms with E-state index in [-0.39, 0.29) is 11.4 Å². The van der Waals surface area contributed by atoms with Crippen molar-refractivity contribution in [3.63, 3.8) is 0 Å². The van der Waals surface area contributed by atoms with Gasteiger partial charge in [-0.1, -0.05) is 0 Å². The normalized spacial score (nSPS) is 10.0. The smallest absolute Gasteiger partial charge is 0.376 e. The monoisotopic (exact) mass is 276 g/mol. The first-order valence-corrected chi connectivity index (χ1v) is 5.31. The highest BCUT2D eigenvalue weighted by atomic mass is 16.6. The molecule has 0 aliphatic rings. The van der Waals surface area contributed by atoms with Crippen molar-refractivity contribution >= 4 is 23.2 Å². The summed E-state index contributed by atoms with van der Waals surface area (Å²) in [6.45, 7) is 0. The summed E-state index contributed by atoms with van der Waals surface area (Å²) in [6.07, 6.45) is 1.03. The number of H-pyrrole nitrogens is 1. The molecule has 0 aliphatic heterocycles. The molecule has 1 heterocycles. The molecular weight excluding hydrogens is 268 g/mol. The van der Waals surface area contributed by atoms with Crippen molar-refractivity contribution in [2.45, 2.75) is 0 Å². The molecule has 1 aromatic carbocycles. The van der Waals surface area contributed by atoms with Gasteiger partial charge in [-0.2, -0.15) is 0 Å². The third kappa shape index (κ3) is 2.61. The Bertz CT molecular complexity index is 722. The lowest BCUT2D eigenvalue weighted by atomic mass is 10.2. The lowest BCUT2D eigenvalue weighted by molar-refractivity contribution is -0.385. The second-order valence-corrected chi connectivity index (χ2v) is 3.69. The average molecular weight is 276 g/mol. The van der Waals surface area contributed by atoms with Gasteiger partial charge in [-0.05, 0) is 24.3 Å². The van der Waals surface area contributed by atoms with E-state index in [1.807, 2.05) is 0 Å². The van der Waals surface area contributed by atoms with Gasteiger partial charge in [-0.15, -0.1) is 0 Å². The number of carbonyl (C=O) groups is 1. The molecular formula is C11H8N4O5. The summed E-state index contributed by atoms with van der Waals surface area (Å²) in [7, 11) is 0. The molecule has 102 valence electrons. The second-order valence-electron chi connectivity index (χ2n) is 3.69. The number of rotatable bonds is 4. The summed E-state index contributed by atoms with van der Waals surface area (Å²) in [5.74, 6) is -1.31. The summed E-state index contributed by atoms with van der Waals surface area (Å²) < 4.78 is 0. The summed E-state index contributed by atoms with van der Waals surface area (Å²) in [5.41, 5.74) is -1.15. The minimum Gasteiger partial charge on any atom is -0.478 e. The van der Waals surface area contributed by atoms with Crippen molar-refractivity contribution in [1.82, 2.24) is 9.97 Å². The van der Waals surface area contributed by atoms with Crippen LogP contribution < -0.4 is 10.9 Å². The number of carboxylic acid groups (broad SMARTS) is 1. The topological polar surface area (TPSA) is 138 Å². The molecule has 0 unspecified atom stereocenters. The van der Waals surface area contributed by atoms with Crippen LogP contribution in [0.4, 0.5) is 17.2 Å². The van der Waals surface area contributed by atoms with Crippen molar-refractivity contribution in [1.29, 1.82) is 0 Å². The number of carboxylic acids is 1. The Balaban J connectivity index is 2.35. The number of hydrogen-bond donors (Lipinski definition) is 3. The van der Waals surface area contributed by atoms with Crippen molar-refractivity contribution in [3.8, 4) is 0 Å². The molecule has 0 fully saturated rings. The highest BCUT2D eigenvalue weighted by molar-refractivity contribution is 5.88. The van der Waals surface area contributed by atoms with E-state index >= 15 is 0 Å². The molecule has 0 spiro atoms. The van der Waals surface area contributed by atoms with Gasteiger partial charge in [0, 0.05) is 5.69 Å². The lowest BCUT2D eigenvalue weighted by Crippen LogP contribution is -2.14. The molecule has 2 aromatic rings. The molecule has 1 aromatic heterocycles. The quantitative estimate of drug-likeness (QED) is 0.561. The van der Waals surface area contributed by atoms with Crippen LogP contribution in [-0.4, -0.2) is 26.0 Å². The fraction of sp³-hybridized carbons (Fsp3) is 0. The van der Waals surface area contributed by atoms with E-state index in [1.54, 1.807) is 0 Å². The molecule has 20 heavy (non-hydrogen) atoms. The molecule has 9 heteroatoms. The minimum atomic E-state index is -1.09. The van der Waals surface area contributed by atoms with Gasteiger partial charge in [0.2, 0.25) is 5.82 Å². The van der Waals surface area contributed by atoms with Gasteiger partial charge in [0.15, 0.2) is 0 Å². The number of benzene rings is 1. The number of anilines is 2. The predicted molar refractivity (Wildman–Crippen MR) is 68.2 cm³/mol. The highest BCUT2D eigenvalue weighted by Gasteiger charge is 2.20. The van der Waals surface area contributed by atoms with Crippen LogP contribution in [0.2, 0.25) is 0 Å². The number of aromatic amines is 1. The third-order valence-corrected chi connectivity index (χ3v) is 2.41. The minimum absolute atomic E-state index is 0.0731. The van der Waals surface area contributed by atoms with E-state index in [2.05, 4.69) is 15.3 Å². The van der Waals surface area contributed by atoms with Crippen molar-refractivity contribution < 1.29 is 14.8 Å². The van der Waals surface area contributed by atoms with Crippen LogP contribution in [0.3, 0.4) is 0 Å². The average Bonchev–Trinajstić information content (AvgIpc) is 2.39. The first-order chi connectivity index (χ1) is 9.49. The first kappa shape index (κ1) is 13.2. The van der Waals surface area contributed by atoms with Crippen molar-refractivity contribution in [2.75, 3.05) is 5.32 Å². The van der Waals surface area contributed by atoms with Gasteiger partial charge in [0.1, 0.15) is 0 Å². The van der Waals surface area contributed by atoms with Crippen molar-refractivity contribution in [3.05, 3.63) is 56.6 Å². The van der Waals surface area contributed by atoms with E-state index in [9.17, 15) is 19.7 Å². The third-order valence-electron chi connectivity index (χ3n) is 2.41. The van der Waals surface area contributed by atoms with Crippen LogP contribution in [0.25, 0.3) is 0 Å². The maximum absolute atomic E-state index is 11.4. The Labute approximate surface area is 111 Å². The molecule has 0 bridgehead atoms. The summed E-state index contributed by atoms with van der Waals surface area (Å²) >= 11 is 0. The lowest BCUT2D eigenvalue weighted by Gasteiger charge is -2.05. The molecule has 2 rings (SSSR count). The van der Waals surface area contributed by atoms with Crippen LogP contribution >= 0.6 is 0 Å². The predicted octanol–water partition coefficient (Wildman–Crippen LogP) is 1.12. The molecule has 0 saturated carbocycles. The Morgan fingerprint density at radius 3 is 2.55 bits per heavy atom. The van der Waals surface area contributed by atoms with E-state index in [0.29, 0.717) is 5.69 Å². The summed E-state index contributed by atoms with van der Waals surface area (Å²) in [6, 6.07) is 5.47. The van der Waals surface area contributed by atoms with E-state index in [1.165, 1.54) is 24.3 Å². The van der Waals surface area contributed by atoms with E-state index in [4.69, 9.17) is 5.11 Å². The maximum atomic E-state index is 11.4. The van der Waals surface area contributed by atoms with Gasteiger partial charge in [0.05, 0.1) is 16.8 Å².